The normalized spacial score (nSPS) is 14.8. The Morgan fingerprint density at radius 2 is 0.971 bits per heavy atom. The number of aromatic nitrogens is 1. The Kier molecular flexibility index (Phi) is 4.37. The summed E-state index contributed by atoms with van der Waals surface area (Å²) in [6.07, 6.45) is 0.117. The Labute approximate surface area is 205 Å². The van der Waals surface area contributed by atoms with Crippen LogP contribution in [0, 0.1) is 6.92 Å². The maximum absolute atomic E-state index is 2.55. The zero-order chi connectivity index (χ0) is 23.5. The molecule has 2 heteroatoms. The molecule has 0 spiro atoms. The largest absolute Gasteiger partial charge is 0.318 e. The van der Waals surface area contributed by atoms with Crippen LogP contribution in [-0.2, 0) is 0 Å². The molecule has 0 saturated carbocycles. The van der Waals surface area contributed by atoms with Crippen molar-refractivity contribution >= 4 is 54.7 Å². The Balaban J connectivity index is 1.81. The monoisotopic (exact) mass is 450 g/mol. The fourth-order valence-corrected chi connectivity index (χ4v) is 6.00. The fourth-order valence-electron chi connectivity index (χ4n) is 6.00. The summed E-state index contributed by atoms with van der Waals surface area (Å²) >= 11 is 0. The Morgan fingerprint density at radius 1 is 0.486 bits per heavy atom. The van der Waals surface area contributed by atoms with Crippen LogP contribution in [0.5, 0.6) is 0 Å². The van der Waals surface area contributed by atoms with Crippen LogP contribution < -0.4 is 4.90 Å². The lowest BCUT2D eigenvalue weighted by Crippen LogP contribution is -2.21. The van der Waals surface area contributed by atoms with E-state index < -0.39 is 0 Å². The molecule has 2 heterocycles. The first-order chi connectivity index (χ1) is 17.2. The SMILES string of the molecule is Cc1ccccc1N1c2cccc3c4ccccc4c4ccccc4c4ccccc4n(c23)[C@@H]1C. The van der Waals surface area contributed by atoms with Crippen molar-refractivity contribution in [3.8, 4) is 0 Å². The minimum Gasteiger partial charge on any atom is -0.318 e. The molecule has 0 fully saturated rings. The van der Waals surface area contributed by atoms with Crippen LogP contribution in [0.15, 0.2) is 115 Å². The molecule has 1 atom stereocenters. The molecule has 168 valence electrons. The number of fused-ring (bicyclic) bond motifs is 7. The summed E-state index contributed by atoms with van der Waals surface area (Å²) in [4.78, 5) is 2.50. The zero-order valence-electron chi connectivity index (χ0n) is 19.9. The van der Waals surface area contributed by atoms with Crippen LogP contribution in [0.3, 0.4) is 0 Å². The van der Waals surface area contributed by atoms with Crippen molar-refractivity contribution in [2.75, 3.05) is 4.90 Å². The molecule has 7 rings (SSSR count). The summed E-state index contributed by atoms with van der Waals surface area (Å²) in [6, 6.07) is 42.1. The van der Waals surface area contributed by atoms with E-state index in [0.29, 0.717) is 0 Å². The second-order valence-corrected chi connectivity index (χ2v) is 9.44. The number of anilines is 2. The number of benzene rings is 5. The molecule has 0 saturated heterocycles. The molecule has 0 N–H and O–H groups in total. The van der Waals surface area contributed by atoms with Gasteiger partial charge in [-0.3, -0.25) is 0 Å². The van der Waals surface area contributed by atoms with Gasteiger partial charge in [0, 0.05) is 16.5 Å². The van der Waals surface area contributed by atoms with Crippen molar-refractivity contribution < 1.29 is 0 Å². The molecule has 0 bridgehead atoms. The topological polar surface area (TPSA) is 8.17 Å². The third-order valence-electron chi connectivity index (χ3n) is 7.53. The Hall–Kier alpha value is -4.30. The standard InChI is InChI=1S/C33H26N2/c1-22-12-3-9-19-30(22)34-23(2)35-31-20-10-8-17-28(31)26-15-6-4-13-24(26)25-14-5-7-16-27(25)29-18-11-21-32(34)33(29)35/h3-21,23H,1-2H3/t23-/m1/s1. The molecule has 0 amide bonds. The zero-order valence-corrected chi connectivity index (χ0v) is 19.9. The van der Waals surface area contributed by atoms with E-state index in [4.69, 9.17) is 0 Å². The molecule has 2 nitrogen and oxygen atoms in total. The van der Waals surface area contributed by atoms with Gasteiger partial charge in [0.1, 0.15) is 6.17 Å². The van der Waals surface area contributed by atoms with Crippen molar-refractivity contribution in [3.63, 3.8) is 0 Å². The minimum atomic E-state index is 0.117. The van der Waals surface area contributed by atoms with E-state index in [-0.39, 0.29) is 6.17 Å². The Morgan fingerprint density at radius 3 is 1.66 bits per heavy atom. The molecular formula is C33H26N2. The highest BCUT2D eigenvalue weighted by Gasteiger charge is 2.30. The molecule has 1 aromatic heterocycles. The van der Waals surface area contributed by atoms with E-state index in [0.717, 1.165) is 0 Å². The van der Waals surface area contributed by atoms with Gasteiger partial charge in [0.2, 0.25) is 0 Å². The highest BCUT2D eigenvalue weighted by Crippen LogP contribution is 2.47. The average Bonchev–Trinajstić information content (AvgIpc) is 3.22. The molecule has 0 aliphatic carbocycles. The van der Waals surface area contributed by atoms with Gasteiger partial charge in [-0.25, -0.2) is 0 Å². The first-order valence-electron chi connectivity index (χ1n) is 12.3. The summed E-state index contributed by atoms with van der Waals surface area (Å²) < 4.78 is 2.55. The first kappa shape index (κ1) is 20.1. The number of rotatable bonds is 1. The van der Waals surface area contributed by atoms with E-state index in [1.807, 2.05) is 0 Å². The minimum absolute atomic E-state index is 0.117. The predicted octanol–water partition coefficient (Wildman–Crippen LogP) is 9.20. The van der Waals surface area contributed by atoms with Crippen molar-refractivity contribution in [1.29, 1.82) is 0 Å². The van der Waals surface area contributed by atoms with Crippen molar-refractivity contribution in [2.24, 2.45) is 0 Å². The summed E-state index contributed by atoms with van der Waals surface area (Å²) in [6.45, 7) is 4.53. The molecule has 1 aliphatic heterocycles. The Bertz CT molecular complexity index is 1840. The quantitative estimate of drug-likeness (QED) is 0.242. The molecule has 0 radical (unpaired) electrons. The van der Waals surface area contributed by atoms with Crippen LogP contribution in [0.2, 0.25) is 0 Å². The second kappa shape index (κ2) is 7.61. The van der Waals surface area contributed by atoms with Crippen LogP contribution in [0.25, 0.3) is 43.4 Å². The van der Waals surface area contributed by atoms with E-state index in [1.165, 1.54) is 60.3 Å². The summed E-state index contributed by atoms with van der Waals surface area (Å²) in [5.41, 5.74) is 6.30. The average molecular weight is 451 g/mol. The number of hydrogen-bond acceptors (Lipinski definition) is 1. The van der Waals surface area contributed by atoms with E-state index in [1.54, 1.807) is 0 Å². The van der Waals surface area contributed by atoms with Gasteiger partial charge in [0.05, 0.1) is 16.7 Å². The van der Waals surface area contributed by atoms with Gasteiger partial charge in [-0.15, -0.1) is 0 Å². The van der Waals surface area contributed by atoms with Crippen LogP contribution >= 0.6 is 0 Å². The predicted molar refractivity (Wildman–Crippen MR) is 150 cm³/mol. The van der Waals surface area contributed by atoms with Crippen LogP contribution in [-0.4, -0.2) is 4.57 Å². The third-order valence-corrected chi connectivity index (χ3v) is 7.53. The number of aryl methyl sites for hydroxylation is 1. The summed E-state index contributed by atoms with van der Waals surface area (Å²) in [5, 5.41) is 7.62. The first-order valence-corrected chi connectivity index (χ1v) is 12.3. The molecule has 0 unspecified atom stereocenters. The van der Waals surface area contributed by atoms with Gasteiger partial charge in [-0.2, -0.15) is 0 Å². The van der Waals surface area contributed by atoms with Gasteiger partial charge in [0.15, 0.2) is 0 Å². The highest BCUT2D eigenvalue weighted by molar-refractivity contribution is 6.20. The maximum Gasteiger partial charge on any atom is 0.108 e. The number of para-hydroxylation sites is 3. The van der Waals surface area contributed by atoms with E-state index >= 15 is 0 Å². The van der Waals surface area contributed by atoms with Crippen molar-refractivity contribution in [3.05, 3.63) is 121 Å². The van der Waals surface area contributed by atoms with Crippen LogP contribution in [0.1, 0.15) is 18.7 Å². The molecule has 35 heavy (non-hydrogen) atoms. The lowest BCUT2D eigenvalue weighted by Gasteiger charge is -2.28. The van der Waals surface area contributed by atoms with Crippen molar-refractivity contribution in [2.45, 2.75) is 20.0 Å². The fraction of sp³-hybridized carbons (Fsp3) is 0.0909. The molecular weight excluding hydrogens is 424 g/mol. The van der Waals surface area contributed by atoms with Crippen LogP contribution in [0.4, 0.5) is 11.4 Å². The second-order valence-electron chi connectivity index (χ2n) is 9.44. The molecule has 1 aliphatic rings. The van der Waals surface area contributed by atoms with Gasteiger partial charge >= 0.3 is 0 Å². The van der Waals surface area contributed by atoms with Gasteiger partial charge < -0.3 is 9.47 Å². The van der Waals surface area contributed by atoms with Gasteiger partial charge in [-0.05, 0) is 59.2 Å². The summed E-state index contributed by atoms with van der Waals surface area (Å²) in [7, 11) is 0. The van der Waals surface area contributed by atoms with E-state index in [2.05, 4.69) is 139 Å². The lowest BCUT2D eigenvalue weighted by atomic mass is 10.0. The lowest BCUT2D eigenvalue weighted by molar-refractivity contribution is 0.616. The molecule has 6 aromatic rings. The molecule has 5 aromatic carbocycles. The summed E-state index contributed by atoms with van der Waals surface area (Å²) in [5.74, 6) is 0. The van der Waals surface area contributed by atoms with Gasteiger partial charge in [0.25, 0.3) is 0 Å². The van der Waals surface area contributed by atoms with E-state index in [9.17, 15) is 0 Å². The smallest absolute Gasteiger partial charge is 0.108 e. The highest BCUT2D eigenvalue weighted by atomic mass is 15.3. The number of hydrogen-bond donors (Lipinski definition) is 0. The van der Waals surface area contributed by atoms with Gasteiger partial charge in [-0.1, -0.05) is 97.1 Å². The number of nitrogens with zero attached hydrogens (tertiary/aromatic N) is 2. The maximum atomic E-state index is 2.55. The van der Waals surface area contributed by atoms with Crippen molar-refractivity contribution in [1.82, 2.24) is 4.57 Å². The third kappa shape index (κ3) is 2.83.